The lowest BCUT2D eigenvalue weighted by molar-refractivity contribution is -0.146. The Labute approximate surface area is 176 Å². The zero-order valence-electron chi connectivity index (χ0n) is 16.5. The highest BCUT2D eigenvalue weighted by atomic mass is 35.5. The van der Waals surface area contributed by atoms with Crippen LogP contribution in [0, 0.1) is 23.2 Å². The van der Waals surface area contributed by atoms with Gasteiger partial charge in [0, 0.05) is 29.0 Å². The molecule has 0 aliphatic heterocycles. The summed E-state index contributed by atoms with van der Waals surface area (Å²) < 4.78 is 0. The van der Waals surface area contributed by atoms with Gasteiger partial charge in [-0.3, -0.25) is 25.2 Å². The minimum atomic E-state index is -0.398. The number of benzene rings is 1. The molecule has 6 nitrogen and oxygen atoms in total. The Hall–Kier alpha value is -2.08. The van der Waals surface area contributed by atoms with Crippen LogP contribution in [0.25, 0.3) is 0 Å². The molecule has 7 heteroatoms. The third kappa shape index (κ3) is 4.58. The van der Waals surface area contributed by atoms with Crippen LogP contribution in [-0.4, -0.2) is 24.3 Å². The van der Waals surface area contributed by atoms with Gasteiger partial charge in [0.05, 0.1) is 0 Å². The van der Waals surface area contributed by atoms with E-state index in [4.69, 9.17) is 11.6 Å². The van der Waals surface area contributed by atoms with E-state index >= 15 is 0 Å². The third-order valence-corrected chi connectivity index (χ3v) is 7.06. The van der Waals surface area contributed by atoms with E-state index in [1.165, 1.54) is 19.3 Å². The van der Waals surface area contributed by atoms with Gasteiger partial charge >= 0.3 is 0 Å². The van der Waals surface area contributed by atoms with E-state index < -0.39 is 5.91 Å². The number of hydrazine groups is 1. The summed E-state index contributed by atoms with van der Waals surface area (Å²) in [6, 6.07) is 6.41. The molecular formula is C22H28ClN3O3. The molecule has 0 atom stereocenters. The Morgan fingerprint density at radius 3 is 2.10 bits per heavy atom. The monoisotopic (exact) mass is 417 g/mol. The number of hydrogen-bond acceptors (Lipinski definition) is 3. The predicted octanol–water partition coefficient (Wildman–Crippen LogP) is 3.21. The van der Waals surface area contributed by atoms with E-state index in [1.807, 2.05) is 0 Å². The summed E-state index contributed by atoms with van der Waals surface area (Å²) in [5, 5.41) is 3.62. The first-order valence-electron chi connectivity index (χ1n) is 10.6. The maximum absolute atomic E-state index is 12.9. The minimum absolute atomic E-state index is 0.149. The van der Waals surface area contributed by atoms with Crippen molar-refractivity contribution in [1.29, 1.82) is 0 Å². The van der Waals surface area contributed by atoms with E-state index in [-0.39, 0.29) is 23.7 Å². The van der Waals surface area contributed by atoms with Gasteiger partial charge in [-0.05, 0) is 87.0 Å². The molecule has 0 spiro atoms. The van der Waals surface area contributed by atoms with Gasteiger partial charge in [0.15, 0.2) is 0 Å². The largest absolute Gasteiger partial charge is 0.356 e. The molecule has 29 heavy (non-hydrogen) atoms. The second-order valence-electron chi connectivity index (χ2n) is 9.07. The van der Waals surface area contributed by atoms with Crippen molar-refractivity contribution in [2.75, 3.05) is 6.54 Å². The fraction of sp³-hybridized carbons (Fsp3) is 0.591. The van der Waals surface area contributed by atoms with Crippen LogP contribution in [0.2, 0.25) is 5.02 Å². The highest BCUT2D eigenvalue weighted by molar-refractivity contribution is 6.30. The molecule has 1 aromatic carbocycles. The maximum Gasteiger partial charge on any atom is 0.269 e. The van der Waals surface area contributed by atoms with Crippen LogP contribution < -0.4 is 16.2 Å². The van der Waals surface area contributed by atoms with Crippen molar-refractivity contribution in [3.63, 3.8) is 0 Å². The van der Waals surface area contributed by atoms with E-state index in [1.54, 1.807) is 24.3 Å². The molecule has 0 saturated heterocycles. The molecule has 1 aromatic rings. The second kappa shape index (κ2) is 8.34. The van der Waals surface area contributed by atoms with Crippen LogP contribution in [0.15, 0.2) is 24.3 Å². The number of nitrogens with one attached hydrogen (secondary N) is 3. The molecule has 0 unspecified atom stereocenters. The number of carbonyl (C=O) groups excluding carboxylic acids is 3. The molecule has 3 amide bonds. The topological polar surface area (TPSA) is 87.3 Å². The molecule has 0 heterocycles. The Bertz CT molecular complexity index is 758. The van der Waals surface area contributed by atoms with Crippen molar-refractivity contribution in [2.45, 2.75) is 51.4 Å². The van der Waals surface area contributed by atoms with Gasteiger partial charge in [-0.1, -0.05) is 11.6 Å². The number of hydrogen-bond donors (Lipinski definition) is 3. The first kappa shape index (κ1) is 20.2. The first-order chi connectivity index (χ1) is 13.9. The Kier molecular flexibility index (Phi) is 5.81. The molecule has 3 N–H and O–H groups in total. The summed E-state index contributed by atoms with van der Waals surface area (Å²) >= 11 is 5.79. The zero-order valence-corrected chi connectivity index (χ0v) is 17.3. The summed E-state index contributed by atoms with van der Waals surface area (Å²) in [6.07, 6.45) is 7.85. The van der Waals surface area contributed by atoms with Gasteiger partial charge in [0.2, 0.25) is 11.8 Å². The molecule has 4 aliphatic carbocycles. The third-order valence-electron chi connectivity index (χ3n) is 6.81. The van der Waals surface area contributed by atoms with Gasteiger partial charge in [-0.15, -0.1) is 0 Å². The second-order valence-corrected chi connectivity index (χ2v) is 9.50. The van der Waals surface area contributed by atoms with Crippen molar-refractivity contribution in [3.05, 3.63) is 34.9 Å². The average molecular weight is 418 g/mol. The van der Waals surface area contributed by atoms with Crippen LogP contribution >= 0.6 is 11.6 Å². The van der Waals surface area contributed by atoms with Crippen molar-refractivity contribution in [3.8, 4) is 0 Å². The number of halogens is 1. The van der Waals surface area contributed by atoms with Crippen molar-refractivity contribution < 1.29 is 14.4 Å². The fourth-order valence-corrected chi connectivity index (χ4v) is 6.02. The highest BCUT2D eigenvalue weighted by Crippen LogP contribution is 2.60. The molecule has 5 rings (SSSR count). The Morgan fingerprint density at radius 2 is 1.52 bits per heavy atom. The SMILES string of the molecule is O=C(CCCNC(=O)C12CC3CC(CC(C3)C1)C2)NNC(=O)c1ccc(Cl)cc1. The van der Waals surface area contributed by atoms with Crippen LogP contribution in [0.4, 0.5) is 0 Å². The lowest BCUT2D eigenvalue weighted by atomic mass is 9.49. The van der Waals surface area contributed by atoms with Gasteiger partial charge in [-0.25, -0.2) is 0 Å². The molecule has 4 aliphatic rings. The maximum atomic E-state index is 12.9. The van der Waals surface area contributed by atoms with Gasteiger partial charge in [-0.2, -0.15) is 0 Å². The lowest BCUT2D eigenvalue weighted by Crippen LogP contribution is -2.53. The fourth-order valence-electron chi connectivity index (χ4n) is 5.89. The summed E-state index contributed by atoms with van der Waals surface area (Å²) in [6.45, 7) is 0.485. The molecule has 4 fully saturated rings. The number of carbonyl (C=O) groups is 3. The molecule has 0 radical (unpaired) electrons. The number of rotatable bonds is 6. The quantitative estimate of drug-likeness (QED) is 0.490. The van der Waals surface area contributed by atoms with Crippen LogP contribution in [-0.2, 0) is 9.59 Å². The lowest BCUT2D eigenvalue weighted by Gasteiger charge is -2.55. The highest BCUT2D eigenvalue weighted by Gasteiger charge is 2.54. The summed E-state index contributed by atoms with van der Waals surface area (Å²) in [4.78, 5) is 36.8. The zero-order chi connectivity index (χ0) is 20.4. The van der Waals surface area contributed by atoms with E-state index in [9.17, 15) is 14.4 Å². The summed E-state index contributed by atoms with van der Waals surface area (Å²) in [7, 11) is 0. The normalized spacial score (nSPS) is 29.3. The van der Waals surface area contributed by atoms with Crippen molar-refractivity contribution in [1.82, 2.24) is 16.2 Å². The van der Waals surface area contributed by atoms with Crippen LogP contribution in [0.3, 0.4) is 0 Å². The van der Waals surface area contributed by atoms with Crippen LogP contribution in [0.1, 0.15) is 61.7 Å². The molecule has 4 saturated carbocycles. The molecule has 4 bridgehead atoms. The summed E-state index contributed by atoms with van der Waals surface area (Å²) in [5.41, 5.74) is 5.06. The molecule has 156 valence electrons. The molecule has 0 aromatic heterocycles. The van der Waals surface area contributed by atoms with E-state index in [2.05, 4.69) is 16.2 Å². The summed E-state index contributed by atoms with van der Waals surface area (Å²) in [5.74, 6) is 1.72. The van der Waals surface area contributed by atoms with Gasteiger partial charge in [0.25, 0.3) is 5.91 Å². The van der Waals surface area contributed by atoms with Crippen molar-refractivity contribution >= 4 is 29.3 Å². The smallest absolute Gasteiger partial charge is 0.269 e. The van der Waals surface area contributed by atoms with Crippen molar-refractivity contribution in [2.24, 2.45) is 23.2 Å². The Morgan fingerprint density at radius 1 is 0.931 bits per heavy atom. The van der Waals surface area contributed by atoms with Gasteiger partial charge in [0.1, 0.15) is 0 Å². The van der Waals surface area contributed by atoms with E-state index in [0.717, 1.165) is 37.0 Å². The van der Waals surface area contributed by atoms with Crippen LogP contribution in [0.5, 0.6) is 0 Å². The number of amides is 3. The molecular weight excluding hydrogens is 390 g/mol. The first-order valence-corrected chi connectivity index (χ1v) is 10.9. The predicted molar refractivity (Wildman–Crippen MR) is 110 cm³/mol. The standard InChI is InChI=1S/C22H28ClN3O3/c23-18-5-3-17(4-6-18)20(28)26-25-19(27)2-1-7-24-21(29)22-11-14-8-15(12-22)10-16(9-14)13-22/h3-6,14-16H,1-2,7-13H2,(H,24,29)(H,25,27)(H,26,28). The Balaban J connectivity index is 1.15. The van der Waals surface area contributed by atoms with E-state index in [0.29, 0.717) is 23.6 Å². The minimum Gasteiger partial charge on any atom is -0.356 e. The average Bonchev–Trinajstić information content (AvgIpc) is 2.68. The van der Waals surface area contributed by atoms with Gasteiger partial charge < -0.3 is 5.32 Å².